The lowest BCUT2D eigenvalue weighted by molar-refractivity contribution is 0.876. The quantitative estimate of drug-likeness (QED) is 0.143. The summed E-state index contributed by atoms with van der Waals surface area (Å²) in [5, 5.41) is 4.97. The minimum Gasteiger partial charge on any atom is -0.310 e. The second-order valence-electron chi connectivity index (χ2n) is 18.4. The highest BCUT2D eigenvalue weighted by molar-refractivity contribution is 5.93. The average molecular weight is 869 g/mol. The zero-order valence-electron chi connectivity index (χ0n) is 37.8. The van der Waals surface area contributed by atoms with Crippen molar-refractivity contribution >= 4 is 55.7 Å². The SMILES string of the molecule is c1ccc(-c2ccc(N(c3ccc(-c4cc5c6c(c4)CCc4cc(N(c7ccc(-c8ccccc8)cc7)c7ccc8ccccc8c7)cc(c4-6)CC5)cc3)c3ccc4ccccc4c3)cc2)cc1. The van der Waals surface area contributed by atoms with E-state index in [9.17, 15) is 0 Å². The Bertz CT molecular complexity index is 3600. The van der Waals surface area contributed by atoms with Gasteiger partial charge in [0, 0.05) is 34.1 Å². The first kappa shape index (κ1) is 39.9. The molecule has 0 amide bonds. The summed E-state index contributed by atoms with van der Waals surface area (Å²) in [4.78, 5) is 4.85. The van der Waals surface area contributed by atoms with Gasteiger partial charge in [0.25, 0.3) is 0 Å². The second-order valence-corrected chi connectivity index (χ2v) is 18.4. The van der Waals surface area contributed by atoms with Gasteiger partial charge >= 0.3 is 0 Å². The monoisotopic (exact) mass is 868 g/mol. The number of nitrogens with zero attached hydrogens (tertiary/aromatic N) is 2. The molecule has 0 radical (unpaired) electrons. The van der Waals surface area contributed by atoms with E-state index in [2.05, 4.69) is 252 Å². The number of fused-ring (bicyclic) bond motifs is 2. The van der Waals surface area contributed by atoms with Crippen LogP contribution in [0.15, 0.2) is 243 Å². The average Bonchev–Trinajstić information content (AvgIpc) is 3.41. The van der Waals surface area contributed by atoms with Crippen molar-refractivity contribution in [3.8, 4) is 44.5 Å². The van der Waals surface area contributed by atoms with E-state index >= 15 is 0 Å². The second kappa shape index (κ2) is 16.8. The predicted octanol–water partition coefficient (Wildman–Crippen LogP) is 17.8. The summed E-state index contributed by atoms with van der Waals surface area (Å²) in [5.74, 6) is 0. The smallest absolute Gasteiger partial charge is 0.0468 e. The van der Waals surface area contributed by atoms with Crippen molar-refractivity contribution in [1.29, 1.82) is 0 Å². The lowest BCUT2D eigenvalue weighted by Gasteiger charge is -2.33. The maximum atomic E-state index is 2.49. The highest BCUT2D eigenvalue weighted by Crippen LogP contribution is 2.48. The Hall–Kier alpha value is -8.46. The third kappa shape index (κ3) is 7.23. The van der Waals surface area contributed by atoms with Gasteiger partial charge in [-0.2, -0.15) is 0 Å². The molecule has 2 aliphatic rings. The molecule has 2 aliphatic carbocycles. The molecule has 0 bridgehead atoms. The van der Waals surface area contributed by atoms with E-state index in [0.717, 1.165) is 48.4 Å². The van der Waals surface area contributed by atoms with Gasteiger partial charge in [-0.3, -0.25) is 0 Å². The fourth-order valence-electron chi connectivity index (χ4n) is 11.0. The number of aryl methyl sites for hydroxylation is 4. The van der Waals surface area contributed by atoms with Crippen LogP contribution in [0.3, 0.4) is 0 Å². The van der Waals surface area contributed by atoms with Crippen molar-refractivity contribution in [2.24, 2.45) is 0 Å². The number of hydrogen-bond acceptors (Lipinski definition) is 2. The minimum atomic E-state index is 1.02. The Labute approximate surface area is 398 Å². The molecule has 0 aliphatic heterocycles. The number of anilines is 6. The van der Waals surface area contributed by atoms with Crippen LogP contribution in [0.2, 0.25) is 0 Å². The van der Waals surface area contributed by atoms with Crippen molar-refractivity contribution in [2.45, 2.75) is 25.7 Å². The van der Waals surface area contributed by atoms with E-state index in [1.54, 1.807) is 0 Å². The molecule has 0 fully saturated rings. The number of hydrogen-bond donors (Lipinski definition) is 0. The van der Waals surface area contributed by atoms with Crippen molar-refractivity contribution in [3.63, 3.8) is 0 Å². The van der Waals surface area contributed by atoms with E-state index in [-0.39, 0.29) is 0 Å². The maximum absolute atomic E-state index is 2.49. The van der Waals surface area contributed by atoms with Crippen LogP contribution in [0.25, 0.3) is 66.1 Å². The third-order valence-corrected chi connectivity index (χ3v) is 14.3. The largest absolute Gasteiger partial charge is 0.310 e. The van der Waals surface area contributed by atoms with Crippen LogP contribution >= 0.6 is 0 Å². The van der Waals surface area contributed by atoms with E-state index in [1.807, 2.05) is 0 Å². The summed E-state index contributed by atoms with van der Waals surface area (Å²) in [6.45, 7) is 0. The summed E-state index contributed by atoms with van der Waals surface area (Å²) in [5.41, 5.74) is 23.2. The summed E-state index contributed by atoms with van der Waals surface area (Å²) in [7, 11) is 0. The number of benzene rings is 11. The van der Waals surface area contributed by atoms with E-state index in [4.69, 9.17) is 0 Å². The first-order valence-electron chi connectivity index (χ1n) is 24.0. The lowest BCUT2D eigenvalue weighted by atomic mass is 9.74. The normalized spacial score (nSPS) is 12.5. The molecule has 0 aromatic heterocycles. The lowest BCUT2D eigenvalue weighted by Crippen LogP contribution is -2.17. The molecule has 0 atom stereocenters. The van der Waals surface area contributed by atoms with E-state index in [1.165, 1.54) is 99.7 Å². The fraction of sp³-hybridized carbons (Fsp3) is 0.0606. The van der Waals surface area contributed by atoms with Gasteiger partial charge in [0.1, 0.15) is 0 Å². The molecule has 0 saturated carbocycles. The third-order valence-electron chi connectivity index (χ3n) is 14.3. The topological polar surface area (TPSA) is 6.48 Å². The Morgan fingerprint density at radius 1 is 0.206 bits per heavy atom. The summed E-state index contributed by atoms with van der Waals surface area (Å²) < 4.78 is 0. The summed E-state index contributed by atoms with van der Waals surface area (Å²) in [6.07, 6.45) is 4.10. The predicted molar refractivity (Wildman–Crippen MR) is 287 cm³/mol. The molecule has 0 saturated heterocycles. The zero-order chi connectivity index (χ0) is 45.0. The van der Waals surface area contributed by atoms with Crippen molar-refractivity contribution in [2.75, 3.05) is 9.80 Å². The van der Waals surface area contributed by atoms with Gasteiger partial charge < -0.3 is 9.80 Å². The van der Waals surface area contributed by atoms with Gasteiger partial charge in [0.05, 0.1) is 0 Å². The molecule has 322 valence electrons. The van der Waals surface area contributed by atoms with Crippen LogP contribution in [-0.4, -0.2) is 0 Å². The van der Waals surface area contributed by atoms with Gasteiger partial charge in [-0.05, 0) is 187 Å². The van der Waals surface area contributed by atoms with Crippen LogP contribution in [0.5, 0.6) is 0 Å². The van der Waals surface area contributed by atoms with Crippen LogP contribution in [-0.2, 0) is 25.7 Å². The molecule has 0 spiro atoms. The van der Waals surface area contributed by atoms with Gasteiger partial charge in [0.2, 0.25) is 0 Å². The van der Waals surface area contributed by atoms with Crippen LogP contribution in [0.4, 0.5) is 34.1 Å². The van der Waals surface area contributed by atoms with Crippen LogP contribution < -0.4 is 9.80 Å². The molecule has 13 rings (SSSR count). The van der Waals surface area contributed by atoms with E-state index in [0.29, 0.717) is 0 Å². The Balaban J connectivity index is 0.846. The van der Waals surface area contributed by atoms with Crippen molar-refractivity contribution in [3.05, 3.63) is 265 Å². The molecule has 2 nitrogen and oxygen atoms in total. The van der Waals surface area contributed by atoms with Gasteiger partial charge in [-0.25, -0.2) is 0 Å². The number of rotatable bonds is 9. The van der Waals surface area contributed by atoms with Gasteiger partial charge in [0.15, 0.2) is 0 Å². The maximum Gasteiger partial charge on any atom is 0.0468 e. The van der Waals surface area contributed by atoms with E-state index < -0.39 is 0 Å². The highest BCUT2D eigenvalue weighted by atomic mass is 15.1. The molecular weight excluding hydrogens is 821 g/mol. The first-order valence-corrected chi connectivity index (χ1v) is 24.0. The molecule has 0 unspecified atom stereocenters. The van der Waals surface area contributed by atoms with Crippen LogP contribution in [0, 0.1) is 0 Å². The first-order chi connectivity index (χ1) is 33.7. The Kier molecular flexibility index (Phi) is 9.83. The molecular formula is C66H48N2. The summed E-state index contributed by atoms with van der Waals surface area (Å²) >= 11 is 0. The zero-order valence-corrected chi connectivity index (χ0v) is 37.8. The Morgan fingerprint density at radius 3 is 0.926 bits per heavy atom. The molecule has 2 heteroatoms. The molecule has 11 aromatic carbocycles. The standard InChI is InChI=1S/C66H48N2/c1-3-11-45(12-4-1)49-23-31-59(32-24-49)67(62-37-29-47-15-7-9-17-52(47)41-62)60-35-27-51(28-36-60)58-39-54-19-21-56-43-64(44-57-22-20-55(40-58)65(54)66(56)57)68(63-38-30-48-16-8-10-18-53(48)42-63)61-33-25-50(26-34-61)46-13-5-2-6-14-46/h1-18,23-44H,19-22H2. The molecule has 0 N–H and O–H groups in total. The van der Waals surface area contributed by atoms with Gasteiger partial charge in [-0.15, -0.1) is 0 Å². The molecule has 0 heterocycles. The Morgan fingerprint density at radius 2 is 0.515 bits per heavy atom. The van der Waals surface area contributed by atoms with Crippen molar-refractivity contribution in [1.82, 2.24) is 0 Å². The molecule has 11 aromatic rings. The summed E-state index contributed by atoms with van der Waals surface area (Å²) in [6, 6.07) is 89.5. The van der Waals surface area contributed by atoms with Crippen LogP contribution in [0.1, 0.15) is 22.3 Å². The van der Waals surface area contributed by atoms with Gasteiger partial charge in [-0.1, -0.05) is 170 Å². The molecule has 68 heavy (non-hydrogen) atoms. The van der Waals surface area contributed by atoms with Crippen molar-refractivity contribution < 1.29 is 0 Å². The minimum absolute atomic E-state index is 1.02. The fourth-order valence-corrected chi connectivity index (χ4v) is 11.0. The highest BCUT2D eigenvalue weighted by Gasteiger charge is 2.29.